The molecule has 0 amide bonds. The Morgan fingerprint density at radius 1 is 1.30 bits per heavy atom. The minimum absolute atomic E-state index is 0.213. The summed E-state index contributed by atoms with van der Waals surface area (Å²) in [7, 11) is -1.88. The Kier molecular flexibility index (Phi) is 5.15. The molecule has 0 fully saturated rings. The molecule has 0 aliphatic heterocycles. The lowest BCUT2D eigenvalue weighted by Gasteiger charge is -2.17. The van der Waals surface area contributed by atoms with Gasteiger partial charge < -0.3 is 0 Å². The zero-order chi connectivity index (χ0) is 14.6. The van der Waals surface area contributed by atoms with E-state index >= 15 is 0 Å². The second kappa shape index (κ2) is 6.67. The Balaban J connectivity index is 2.10. The normalized spacial score (nSPS) is 11.9. The fraction of sp³-hybridized carbons (Fsp3) is 0.308. The number of thiophene rings is 1. The maximum Gasteiger partial charge on any atom is 0.243 e. The van der Waals surface area contributed by atoms with Crippen LogP contribution in [0, 0.1) is 0 Å². The smallest absolute Gasteiger partial charge is 0.243 e. The summed E-state index contributed by atoms with van der Waals surface area (Å²) < 4.78 is 26.3. The molecule has 20 heavy (non-hydrogen) atoms. The van der Waals surface area contributed by atoms with Crippen molar-refractivity contribution in [2.24, 2.45) is 0 Å². The molecule has 2 heterocycles. The standard InChI is InChI=1S/C13H15ClN2O2S2/c1-16(8-4-11-2-6-15-7-3-11)20(17,18)13-5-9-19-12(13)10-14/h2-3,5-7,9H,4,8,10H2,1H3. The molecule has 0 aromatic carbocycles. The molecule has 0 saturated heterocycles. The predicted octanol–water partition coefficient (Wildman–Crippen LogP) is 2.75. The van der Waals surface area contributed by atoms with E-state index in [0.29, 0.717) is 22.7 Å². The van der Waals surface area contributed by atoms with Gasteiger partial charge in [-0.15, -0.1) is 22.9 Å². The van der Waals surface area contributed by atoms with Crippen molar-refractivity contribution in [3.63, 3.8) is 0 Å². The molecule has 108 valence electrons. The van der Waals surface area contributed by atoms with Crippen molar-refractivity contribution in [1.29, 1.82) is 0 Å². The molecule has 0 radical (unpaired) electrons. The highest BCUT2D eigenvalue weighted by Gasteiger charge is 2.24. The van der Waals surface area contributed by atoms with E-state index in [9.17, 15) is 8.42 Å². The number of sulfonamides is 1. The van der Waals surface area contributed by atoms with Gasteiger partial charge in [0.1, 0.15) is 0 Å². The van der Waals surface area contributed by atoms with Gasteiger partial charge in [0.15, 0.2) is 0 Å². The van der Waals surface area contributed by atoms with Crippen molar-refractivity contribution in [3.05, 3.63) is 46.4 Å². The summed E-state index contributed by atoms with van der Waals surface area (Å²) in [4.78, 5) is 4.94. The molecule has 2 rings (SSSR count). The zero-order valence-electron chi connectivity index (χ0n) is 11.0. The van der Waals surface area contributed by atoms with Gasteiger partial charge in [-0.2, -0.15) is 0 Å². The highest BCUT2D eigenvalue weighted by molar-refractivity contribution is 7.89. The average molecular weight is 331 g/mol. The van der Waals surface area contributed by atoms with Crippen LogP contribution in [0.3, 0.4) is 0 Å². The van der Waals surface area contributed by atoms with E-state index < -0.39 is 10.0 Å². The topological polar surface area (TPSA) is 50.3 Å². The van der Waals surface area contributed by atoms with Crippen LogP contribution in [0.15, 0.2) is 40.9 Å². The van der Waals surface area contributed by atoms with Crippen molar-refractivity contribution in [2.45, 2.75) is 17.2 Å². The Morgan fingerprint density at radius 2 is 2.00 bits per heavy atom. The van der Waals surface area contributed by atoms with Crippen LogP contribution in [0.4, 0.5) is 0 Å². The summed E-state index contributed by atoms with van der Waals surface area (Å²) in [6.07, 6.45) is 4.06. The van der Waals surface area contributed by atoms with Crippen LogP contribution in [0.5, 0.6) is 0 Å². The van der Waals surface area contributed by atoms with Crippen molar-refractivity contribution >= 4 is 33.0 Å². The third kappa shape index (κ3) is 3.38. The molecule has 2 aromatic rings. The second-order valence-corrected chi connectivity index (χ2v) is 7.55. The first-order valence-electron chi connectivity index (χ1n) is 6.03. The molecule has 0 atom stereocenters. The number of likely N-dealkylation sites (N-methyl/N-ethyl adjacent to an activating group) is 1. The molecule has 0 unspecified atom stereocenters. The molecular weight excluding hydrogens is 316 g/mol. The van der Waals surface area contributed by atoms with Crippen LogP contribution < -0.4 is 0 Å². The fourth-order valence-electron chi connectivity index (χ4n) is 1.78. The monoisotopic (exact) mass is 330 g/mol. The van der Waals surface area contributed by atoms with E-state index in [0.717, 1.165) is 5.56 Å². The maximum absolute atomic E-state index is 12.5. The van der Waals surface area contributed by atoms with Crippen molar-refractivity contribution < 1.29 is 8.42 Å². The van der Waals surface area contributed by atoms with Gasteiger partial charge in [-0.1, -0.05) is 0 Å². The molecule has 4 nitrogen and oxygen atoms in total. The van der Waals surface area contributed by atoms with E-state index in [1.807, 2.05) is 12.1 Å². The van der Waals surface area contributed by atoms with E-state index in [1.165, 1.54) is 15.6 Å². The number of rotatable bonds is 6. The summed E-state index contributed by atoms with van der Waals surface area (Å²) in [5, 5.41) is 1.75. The van der Waals surface area contributed by atoms with Crippen LogP contribution >= 0.6 is 22.9 Å². The minimum atomic E-state index is -3.46. The predicted molar refractivity (Wildman–Crippen MR) is 81.6 cm³/mol. The number of hydrogen-bond acceptors (Lipinski definition) is 4. The lowest BCUT2D eigenvalue weighted by Crippen LogP contribution is -2.29. The zero-order valence-corrected chi connectivity index (χ0v) is 13.4. The van der Waals surface area contributed by atoms with Crippen molar-refractivity contribution in [1.82, 2.24) is 9.29 Å². The van der Waals surface area contributed by atoms with Gasteiger partial charge in [-0.3, -0.25) is 4.98 Å². The lowest BCUT2D eigenvalue weighted by molar-refractivity contribution is 0.472. The Bertz CT molecular complexity index is 656. The van der Waals surface area contributed by atoms with E-state index in [1.54, 1.807) is 30.9 Å². The molecule has 0 aliphatic carbocycles. The largest absolute Gasteiger partial charge is 0.265 e. The maximum atomic E-state index is 12.5. The number of pyridine rings is 1. The van der Waals surface area contributed by atoms with Gasteiger partial charge >= 0.3 is 0 Å². The Hall–Kier alpha value is -0.950. The van der Waals surface area contributed by atoms with E-state index in [-0.39, 0.29) is 5.88 Å². The van der Waals surface area contributed by atoms with Crippen LogP contribution in [0.1, 0.15) is 10.4 Å². The van der Waals surface area contributed by atoms with Gasteiger partial charge in [0.25, 0.3) is 0 Å². The summed E-state index contributed by atoms with van der Waals surface area (Å²) in [6.45, 7) is 0.421. The number of hydrogen-bond donors (Lipinski definition) is 0. The highest BCUT2D eigenvalue weighted by Crippen LogP contribution is 2.26. The van der Waals surface area contributed by atoms with Gasteiger partial charge in [0.05, 0.1) is 10.8 Å². The summed E-state index contributed by atoms with van der Waals surface area (Å²) in [6, 6.07) is 5.38. The molecule has 0 spiro atoms. The average Bonchev–Trinajstić information content (AvgIpc) is 2.95. The molecule has 0 N–H and O–H groups in total. The van der Waals surface area contributed by atoms with Gasteiger partial charge in [0.2, 0.25) is 10.0 Å². The minimum Gasteiger partial charge on any atom is -0.265 e. The first-order valence-corrected chi connectivity index (χ1v) is 8.88. The van der Waals surface area contributed by atoms with Crippen LogP contribution in [0.25, 0.3) is 0 Å². The molecule has 0 bridgehead atoms. The van der Waals surface area contributed by atoms with Gasteiger partial charge in [-0.05, 0) is 35.6 Å². The van der Waals surface area contributed by atoms with Gasteiger partial charge in [0, 0.05) is 30.9 Å². The van der Waals surface area contributed by atoms with Crippen LogP contribution in [0.2, 0.25) is 0 Å². The summed E-state index contributed by atoms with van der Waals surface area (Å²) in [5.74, 6) is 0.213. The molecular formula is C13H15ClN2O2S2. The Labute approximate surface area is 128 Å². The van der Waals surface area contributed by atoms with Gasteiger partial charge in [-0.25, -0.2) is 12.7 Å². The molecule has 0 saturated carbocycles. The van der Waals surface area contributed by atoms with Crippen molar-refractivity contribution in [2.75, 3.05) is 13.6 Å². The number of alkyl halides is 1. The van der Waals surface area contributed by atoms with E-state index in [2.05, 4.69) is 4.98 Å². The highest BCUT2D eigenvalue weighted by atomic mass is 35.5. The fourth-order valence-corrected chi connectivity index (χ4v) is 4.62. The Morgan fingerprint density at radius 3 is 2.65 bits per heavy atom. The first-order chi connectivity index (χ1) is 9.55. The number of aromatic nitrogens is 1. The quantitative estimate of drug-likeness (QED) is 0.765. The molecule has 7 heteroatoms. The number of nitrogens with zero attached hydrogens (tertiary/aromatic N) is 2. The third-order valence-electron chi connectivity index (χ3n) is 2.98. The summed E-state index contributed by atoms with van der Waals surface area (Å²) in [5.41, 5.74) is 1.06. The third-order valence-corrected chi connectivity index (χ3v) is 6.40. The second-order valence-electron chi connectivity index (χ2n) is 4.27. The lowest BCUT2D eigenvalue weighted by atomic mass is 10.2. The van der Waals surface area contributed by atoms with E-state index in [4.69, 9.17) is 11.6 Å². The van der Waals surface area contributed by atoms with Crippen molar-refractivity contribution in [3.8, 4) is 0 Å². The van der Waals surface area contributed by atoms with Crippen LogP contribution in [-0.2, 0) is 22.3 Å². The summed E-state index contributed by atoms with van der Waals surface area (Å²) >= 11 is 7.14. The molecule has 0 aliphatic rings. The molecule has 2 aromatic heterocycles. The SMILES string of the molecule is CN(CCc1ccncc1)S(=O)(=O)c1ccsc1CCl. The first kappa shape index (κ1) is 15.4. The number of halogens is 1. The van der Waals surface area contributed by atoms with Crippen LogP contribution in [-0.4, -0.2) is 31.3 Å².